The Morgan fingerprint density at radius 1 is 0.867 bits per heavy atom. The minimum absolute atomic E-state index is 0.00604. The van der Waals surface area contributed by atoms with Crippen molar-refractivity contribution >= 4 is 23.4 Å². The minimum atomic E-state index is -0.735. The number of hydrogen-bond donors (Lipinski definition) is 3. The van der Waals surface area contributed by atoms with E-state index in [9.17, 15) is 14.4 Å². The fourth-order valence-corrected chi connectivity index (χ4v) is 2.77. The Kier molecular flexibility index (Phi) is 8.41. The SMILES string of the molecule is CC[C@H](Oc1ccc(C)cc1)C(=O)NNC(=O)CCC(=O)Nc1ccc(C)cc1C. The van der Waals surface area contributed by atoms with Crippen molar-refractivity contribution in [1.82, 2.24) is 10.9 Å². The molecule has 7 nitrogen and oxygen atoms in total. The number of hydrogen-bond acceptors (Lipinski definition) is 4. The zero-order valence-electron chi connectivity index (χ0n) is 17.9. The lowest BCUT2D eigenvalue weighted by Crippen LogP contribution is -2.48. The lowest BCUT2D eigenvalue weighted by atomic mass is 10.1. The van der Waals surface area contributed by atoms with E-state index in [1.165, 1.54) is 0 Å². The van der Waals surface area contributed by atoms with Crippen molar-refractivity contribution in [1.29, 1.82) is 0 Å². The molecule has 2 aromatic carbocycles. The third kappa shape index (κ3) is 7.24. The topological polar surface area (TPSA) is 96.5 Å². The predicted octanol–water partition coefficient (Wildman–Crippen LogP) is 3.34. The summed E-state index contributed by atoms with van der Waals surface area (Å²) in [5.41, 5.74) is 8.57. The highest BCUT2D eigenvalue weighted by molar-refractivity contribution is 5.94. The molecule has 0 unspecified atom stereocenters. The Hall–Kier alpha value is -3.35. The van der Waals surface area contributed by atoms with Gasteiger partial charge in [0.15, 0.2) is 6.10 Å². The van der Waals surface area contributed by atoms with Crippen LogP contribution in [0.2, 0.25) is 0 Å². The van der Waals surface area contributed by atoms with E-state index < -0.39 is 17.9 Å². The maximum absolute atomic E-state index is 12.3. The summed E-state index contributed by atoms with van der Waals surface area (Å²) in [6.45, 7) is 7.67. The molecule has 0 aliphatic rings. The smallest absolute Gasteiger partial charge is 0.279 e. The molecule has 0 aromatic heterocycles. The lowest BCUT2D eigenvalue weighted by Gasteiger charge is -2.17. The molecule has 0 saturated heterocycles. The summed E-state index contributed by atoms with van der Waals surface area (Å²) in [5.74, 6) is -0.593. The van der Waals surface area contributed by atoms with Crippen LogP contribution in [-0.2, 0) is 14.4 Å². The second-order valence-corrected chi connectivity index (χ2v) is 7.23. The number of carbonyl (C=O) groups excluding carboxylic acids is 3. The quantitative estimate of drug-likeness (QED) is 0.581. The Labute approximate surface area is 177 Å². The molecule has 160 valence electrons. The summed E-state index contributed by atoms with van der Waals surface area (Å²) in [6.07, 6.45) is -0.340. The van der Waals surface area contributed by atoms with Gasteiger partial charge in [-0.3, -0.25) is 25.2 Å². The molecule has 0 heterocycles. The maximum atomic E-state index is 12.3. The van der Waals surface area contributed by atoms with Gasteiger partial charge in [-0.2, -0.15) is 0 Å². The number of carbonyl (C=O) groups is 3. The number of aryl methyl sites for hydroxylation is 3. The van der Waals surface area contributed by atoms with Crippen LogP contribution in [0.1, 0.15) is 42.9 Å². The molecule has 0 radical (unpaired) electrons. The first-order valence-electron chi connectivity index (χ1n) is 9.97. The minimum Gasteiger partial charge on any atom is -0.481 e. The van der Waals surface area contributed by atoms with E-state index in [-0.39, 0.29) is 18.7 Å². The van der Waals surface area contributed by atoms with Gasteiger partial charge in [-0.25, -0.2) is 0 Å². The molecule has 2 rings (SSSR count). The van der Waals surface area contributed by atoms with Crippen LogP contribution in [0.15, 0.2) is 42.5 Å². The Balaban J connectivity index is 1.75. The largest absolute Gasteiger partial charge is 0.481 e. The molecule has 1 atom stereocenters. The van der Waals surface area contributed by atoms with Crippen molar-refractivity contribution < 1.29 is 19.1 Å². The average molecular weight is 412 g/mol. The first-order valence-corrected chi connectivity index (χ1v) is 9.97. The molecule has 0 fully saturated rings. The third-order valence-corrected chi connectivity index (χ3v) is 4.52. The van der Waals surface area contributed by atoms with E-state index in [0.717, 1.165) is 22.4 Å². The molecule has 0 aliphatic carbocycles. The van der Waals surface area contributed by atoms with Crippen molar-refractivity contribution in [3.63, 3.8) is 0 Å². The number of amides is 3. The number of nitrogens with one attached hydrogen (secondary N) is 3. The second-order valence-electron chi connectivity index (χ2n) is 7.23. The summed E-state index contributed by atoms with van der Waals surface area (Å²) >= 11 is 0. The van der Waals surface area contributed by atoms with E-state index in [2.05, 4.69) is 16.2 Å². The molecule has 0 aliphatic heterocycles. The van der Waals surface area contributed by atoms with Gasteiger partial charge in [0.05, 0.1) is 0 Å². The summed E-state index contributed by atoms with van der Waals surface area (Å²) in [5, 5.41) is 2.79. The summed E-state index contributed by atoms with van der Waals surface area (Å²) < 4.78 is 5.67. The second kappa shape index (κ2) is 11.0. The van der Waals surface area contributed by atoms with Gasteiger partial charge in [0.1, 0.15) is 5.75 Å². The van der Waals surface area contributed by atoms with Gasteiger partial charge in [0.2, 0.25) is 11.8 Å². The van der Waals surface area contributed by atoms with E-state index in [1.54, 1.807) is 12.1 Å². The molecule has 30 heavy (non-hydrogen) atoms. The van der Waals surface area contributed by atoms with Gasteiger partial charge in [0, 0.05) is 18.5 Å². The number of rotatable bonds is 8. The first kappa shape index (κ1) is 22.9. The van der Waals surface area contributed by atoms with Crippen LogP contribution < -0.4 is 20.9 Å². The van der Waals surface area contributed by atoms with Crippen LogP contribution in [0.25, 0.3) is 0 Å². The van der Waals surface area contributed by atoms with E-state index in [4.69, 9.17) is 4.74 Å². The van der Waals surface area contributed by atoms with E-state index in [1.807, 2.05) is 58.0 Å². The molecule has 0 bridgehead atoms. The fraction of sp³-hybridized carbons (Fsp3) is 0.348. The van der Waals surface area contributed by atoms with E-state index in [0.29, 0.717) is 12.2 Å². The highest BCUT2D eigenvalue weighted by Crippen LogP contribution is 2.16. The Morgan fingerprint density at radius 2 is 1.50 bits per heavy atom. The van der Waals surface area contributed by atoms with Gasteiger partial charge in [-0.1, -0.05) is 42.3 Å². The van der Waals surface area contributed by atoms with Crippen molar-refractivity contribution in [2.45, 2.75) is 53.1 Å². The predicted molar refractivity (Wildman–Crippen MR) is 116 cm³/mol. The number of ether oxygens (including phenoxy) is 1. The lowest BCUT2D eigenvalue weighted by molar-refractivity contribution is -0.133. The van der Waals surface area contributed by atoms with Crippen molar-refractivity contribution in [3.05, 3.63) is 59.2 Å². The molecular formula is C23H29N3O4. The van der Waals surface area contributed by atoms with Crippen molar-refractivity contribution in [2.75, 3.05) is 5.32 Å². The third-order valence-electron chi connectivity index (χ3n) is 4.52. The fourth-order valence-electron chi connectivity index (χ4n) is 2.77. The van der Waals surface area contributed by atoms with Crippen LogP contribution in [0.4, 0.5) is 5.69 Å². The summed E-state index contributed by atoms with van der Waals surface area (Å²) in [7, 11) is 0. The summed E-state index contributed by atoms with van der Waals surface area (Å²) in [6, 6.07) is 13.1. The van der Waals surface area contributed by atoms with Gasteiger partial charge >= 0.3 is 0 Å². The van der Waals surface area contributed by atoms with Crippen molar-refractivity contribution in [2.24, 2.45) is 0 Å². The van der Waals surface area contributed by atoms with Crippen LogP contribution in [0.3, 0.4) is 0 Å². The van der Waals surface area contributed by atoms with Crippen LogP contribution in [0, 0.1) is 20.8 Å². The van der Waals surface area contributed by atoms with Gasteiger partial charge in [-0.15, -0.1) is 0 Å². The zero-order chi connectivity index (χ0) is 22.1. The van der Waals surface area contributed by atoms with Crippen LogP contribution in [0.5, 0.6) is 5.75 Å². The maximum Gasteiger partial charge on any atom is 0.279 e. The molecule has 2 aromatic rings. The number of hydrazine groups is 1. The standard InChI is InChI=1S/C23H29N3O4/c1-5-20(30-18-9-6-15(2)7-10-18)23(29)26-25-22(28)13-12-21(27)24-19-11-8-16(3)14-17(19)4/h6-11,14,20H,5,12-13H2,1-4H3,(H,24,27)(H,25,28)(H,26,29)/t20-/m0/s1. The highest BCUT2D eigenvalue weighted by atomic mass is 16.5. The number of anilines is 1. The van der Waals surface area contributed by atoms with Gasteiger partial charge in [0.25, 0.3) is 5.91 Å². The monoisotopic (exact) mass is 411 g/mol. The number of benzene rings is 2. The molecule has 0 spiro atoms. The zero-order valence-corrected chi connectivity index (χ0v) is 17.9. The molecule has 3 N–H and O–H groups in total. The molecular weight excluding hydrogens is 382 g/mol. The first-order chi connectivity index (χ1) is 14.3. The van der Waals surface area contributed by atoms with Crippen LogP contribution in [-0.4, -0.2) is 23.8 Å². The summed E-state index contributed by atoms with van der Waals surface area (Å²) in [4.78, 5) is 36.3. The van der Waals surface area contributed by atoms with Crippen molar-refractivity contribution in [3.8, 4) is 5.75 Å². The molecule has 7 heteroatoms. The van der Waals surface area contributed by atoms with E-state index >= 15 is 0 Å². The normalized spacial score (nSPS) is 11.3. The highest BCUT2D eigenvalue weighted by Gasteiger charge is 2.19. The average Bonchev–Trinajstić information content (AvgIpc) is 2.72. The van der Waals surface area contributed by atoms with Gasteiger partial charge in [-0.05, 0) is 51.0 Å². The Bertz CT molecular complexity index is 894. The Morgan fingerprint density at radius 3 is 2.13 bits per heavy atom. The molecule has 3 amide bonds. The van der Waals surface area contributed by atoms with Crippen LogP contribution >= 0.6 is 0 Å². The van der Waals surface area contributed by atoms with Gasteiger partial charge < -0.3 is 10.1 Å². The molecule has 0 saturated carbocycles.